The summed E-state index contributed by atoms with van der Waals surface area (Å²) in [5.74, 6) is 2.16. The highest BCUT2D eigenvalue weighted by molar-refractivity contribution is 8.04. The third kappa shape index (κ3) is 4.44. The van der Waals surface area contributed by atoms with E-state index in [0.717, 1.165) is 11.5 Å². The van der Waals surface area contributed by atoms with Crippen LogP contribution < -0.4 is 0 Å². The Labute approximate surface area is 99.1 Å². The molecule has 0 bridgehead atoms. The maximum atomic E-state index is 4.89. The smallest absolute Gasteiger partial charge is 0.0548 e. The maximum Gasteiger partial charge on any atom is 0.0548 e. The summed E-state index contributed by atoms with van der Waals surface area (Å²) in [4.78, 5) is 5.18. The highest BCUT2D eigenvalue weighted by Gasteiger charge is 2.06. The molecule has 0 saturated carbocycles. The zero-order chi connectivity index (χ0) is 10.2. The maximum absolute atomic E-state index is 4.89. The van der Waals surface area contributed by atoms with Crippen molar-refractivity contribution in [1.82, 2.24) is 4.98 Å². The lowest BCUT2D eigenvalue weighted by molar-refractivity contribution is 1.25. The van der Waals surface area contributed by atoms with Crippen molar-refractivity contribution in [1.29, 1.82) is 0 Å². The molecule has 0 N–H and O–H groups in total. The van der Waals surface area contributed by atoms with E-state index in [9.17, 15) is 0 Å². The van der Waals surface area contributed by atoms with Gasteiger partial charge in [0, 0.05) is 28.4 Å². The van der Waals surface area contributed by atoms with Crippen molar-refractivity contribution < 1.29 is 0 Å². The summed E-state index contributed by atoms with van der Waals surface area (Å²) in [5, 5.41) is 3.19. The normalized spacial score (nSPS) is 12.4. The molecule has 0 spiro atoms. The van der Waals surface area contributed by atoms with Gasteiger partial charge in [-0.3, -0.25) is 4.98 Å². The van der Waals surface area contributed by atoms with Crippen molar-refractivity contribution in [3.8, 4) is 0 Å². The van der Waals surface area contributed by atoms with Crippen molar-refractivity contribution in [2.75, 3.05) is 11.5 Å². The minimum Gasteiger partial charge on any atom is -0.265 e. The fourth-order valence-electron chi connectivity index (χ4n) is 0.898. The lowest BCUT2D eigenvalue weighted by Crippen LogP contribution is -2.06. The number of thioether (sulfide) groups is 2. The second-order valence-corrected chi connectivity index (χ2v) is 5.40. The standard InChI is InChI=1S/C10H12NS3/c1-2-13-8-10(7-12)14-9-3-5-11-6-4-9/h3-6,10H,2,8H2,1H3. The van der Waals surface area contributed by atoms with Crippen LogP contribution in [0.4, 0.5) is 0 Å². The topological polar surface area (TPSA) is 12.9 Å². The predicted molar refractivity (Wildman–Crippen MR) is 69.5 cm³/mol. The average molecular weight is 242 g/mol. The van der Waals surface area contributed by atoms with Gasteiger partial charge in [-0.05, 0) is 17.9 Å². The fourth-order valence-corrected chi connectivity index (χ4v) is 2.98. The first kappa shape index (κ1) is 12.0. The molecule has 4 heteroatoms. The van der Waals surface area contributed by atoms with Crippen LogP contribution in [0.2, 0.25) is 0 Å². The quantitative estimate of drug-likeness (QED) is 0.561. The van der Waals surface area contributed by atoms with Gasteiger partial charge in [-0.1, -0.05) is 19.1 Å². The molecule has 14 heavy (non-hydrogen) atoms. The van der Waals surface area contributed by atoms with E-state index in [1.165, 1.54) is 4.90 Å². The molecule has 1 heterocycles. The van der Waals surface area contributed by atoms with Gasteiger partial charge in [0.05, 0.1) is 5.25 Å². The number of pyridine rings is 1. The molecule has 0 fully saturated rings. The van der Waals surface area contributed by atoms with Gasteiger partial charge < -0.3 is 0 Å². The van der Waals surface area contributed by atoms with E-state index >= 15 is 0 Å². The minimum absolute atomic E-state index is 0.303. The average Bonchev–Trinajstić information content (AvgIpc) is 2.25. The van der Waals surface area contributed by atoms with Gasteiger partial charge in [0.2, 0.25) is 0 Å². The highest BCUT2D eigenvalue weighted by Crippen LogP contribution is 2.24. The van der Waals surface area contributed by atoms with Crippen LogP contribution >= 0.6 is 35.7 Å². The molecule has 1 atom stereocenters. The first-order valence-electron chi connectivity index (χ1n) is 4.39. The third-order valence-electron chi connectivity index (χ3n) is 1.53. The number of hydrogen-bond acceptors (Lipinski definition) is 4. The van der Waals surface area contributed by atoms with Gasteiger partial charge in [-0.25, -0.2) is 0 Å². The van der Waals surface area contributed by atoms with Crippen LogP contribution in [-0.4, -0.2) is 27.1 Å². The molecule has 1 rings (SSSR count). The zero-order valence-electron chi connectivity index (χ0n) is 7.97. The van der Waals surface area contributed by atoms with Crippen LogP contribution in [0.15, 0.2) is 29.4 Å². The Morgan fingerprint density at radius 3 is 2.79 bits per heavy atom. The lowest BCUT2D eigenvalue weighted by atomic mass is 10.5. The summed E-state index contributed by atoms with van der Waals surface area (Å²) in [6.45, 7) is 2.15. The first-order valence-corrected chi connectivity index (χ1v) is 6.83. The fraction of sp³-hybridized carbons (Fsp3) is 0.400. The first-order chi connectivity index (χ1) is 6.86. The Morgan fingerprint density at radius 1 is 1.50 bits per heavy atom. The minimum atomic E-state index is 0.303. The second-order valence-electron chi connectivity index (χ2n) is 2.57. The summed E-state index contributed by atoms with van der Waals surface area (Å²) >= 11 is 8.53. The van der Waals surface area contributed by atoms with Gasteiger partial charge in [0.25, 0.3) is 0 Å². The van der Waals surface area contributed by atoms with E-state index in [1.807, 2.05) is 23.9 Å². The van der Waals surface area contributed by atoms with Gasteiger partial charge in [0.15, 0.2) is 0 Å². The molecule has 0 aliphatic heterocycles. The Morgan fingerprint density at radius 2 is 2.21 bits per heavy atom. The van der Waals surface area contributed by atoms with E-state index < -0.39 is 0 Å². The van der Waals surface area contributed by atoms with E-state index in [2.05, 4.69) is 17.3 Å². The van der Waals surface area contributed by atoms with Crippen LogP contribution in [0.25, 0.3) is 0 Å². The Balaban J connectivity index is 2.44. The Bertz CT molecular complexity index is 263. The molecule has 1 aromatic rings. The van der Waals surface area contributed by atoms with Crippen molar-refractivity contribution in [3.63, 3.8) is 0 Å². The van der Waals surface area contributed by atoms with Crippen LogP contribution in [0.3, 0.4) is 0 Å². The van der Waals surface area contributed by atoms with E-state index in [4.69, 9.17) is 12.2 Å². The van der Waals surface area contributed by atoms with Crippen molar-refractivity contribution in [2.45, 2.75) is 17.1 Å². The SMILES string of the molecule is CCSCC([C]=S)Sc1ccncc1. The van der Waals surface area contributed by atoms with Crippen molar-refractivity contribution >= 4 is 41.1 Å². The molecule has 1 aromatic heterocycles. The number of rotatable bonds is 6. The van der Waals surface area contributed by atoms with Crippen LogP contribution in [0.5, 0.6) is 0 Å². The molecule has 0 aromatic carbocycles. The van der Waals surface area contributed by atoms with Crippen LogP contribution in [-0.2, 0) is 0 Å². The summed E-state index contributed by atoms with van der Waals surface area (Å²) in [6, 6.07) is 4.00. The molecular weight excluding hydrogens is 230 g/mol. The molecule has 0 amide bonds. The van der Waals surface area contributed by atoms with E-state index in [0.29, 0.717) is 5.25 Å². The molecular formula is C10H12NS3. The Kier molecular flexibility index (Phi) is 6.23. The van der Waals surface area contributed by atoms with Crippen LogP contribution in [0.1, 0.15) is 6.92 Å². The van der Waals surface area contributed by atoms with E-state index in [-0.39, 0.29) is 0 Å². The number of thiocarbonyl (C=S) groups is 1. The Hall–Kier alpha value is -0.0600. The lowest BCUT2D eigenvalue weighted by Gasteiger charge is -2.09. The van der Waals surface area contributed by atoms with E-state index in [1.54, 1.807) is 24.2 Å². The predicted octanol–water partition coefficient (Wildman–Crippen LogP) is 3.17. The van der Waals surface area contributed by atoms with Gasteiger partial charge in [0.1, 0.15) is 0 Å². The molecule has 0 aliphatic carbocycles. The second kappa shape index (κ2) is 7.26. The number of aromatic nitrogens is 1. The van der Waals surface area contributed by atoms with Gasteiger partial charge in [-0.15, -0.1) is 11.8 Å². The monoisotopic (exact) mass is 242 g/mol. The van der Waals surface area contributed by atoms with Crippen molar-refractivity contribution in [3.05, 3.63) is 24.5 Å². The van der Waals surface area contributed by atoms with Crippen molar-refractivity contribution in [2.24, 2.45) is 0 Å². The molecule has 0 aliphatic rings. The molecule has 75 valence electrons. The summed E-state index contributed by atoms with van der Waals surface area (Å²) < 4.78 is 0. The zero-order valence-corrected chi connectivity index (χ0v) is 10.4. The largest absolute Gasteiger partial charge is 0.265 e. The van der Waals surface area contributed by atoms with Crippen LogP contribution in [0, 0.1) is 0 Å². The number of hydrogen-bond donors (Lipinski definition) is 0. The van der Waals surface area contributed by atoms with Gasteiger partial charge >= 0.3 is 0 Å². The summed E-state index contributed by atoms with van der Waals surface area (Å²) in [6.07, 6.45) is 3.60. The molecule has 1 nitrogen and oxygen atoms in total. The third-order valence-corrected chi connectivity index (χ3v) is 4.27. The number of nitrogens with zero attached hydrogens (tertiary/aromatic N) is 1. The van der Waals surface area contributed by atoms with Gasteiger partial charge in [-0.2, -0.15) is 11.8 Å². The molecule has 1 radical (unpaired) electrons. The summed E-state index contributed by atoms with van der Waals surface area (Å²) in [7, 11) is 0. The summed E-state index contributed by atoms with van der Waals surface area (Å²) in [5.41, 5.74) is 0. The molecule has 0 saturated heterocycles. The molecule has 1 unspecified atom stereocenters. The highest BCUT2D eigenvalue weighted by atomic mass is 32.2.